The van der Waals surface area contributed by atoms with Crippen LogP contribution in [0.1, 0.15) is 11.1 Å². The molecule has 0 aliphatic carbocycles. The Hall–Kier alpha value is -1.98. The first kappa shape index (κ1) is 14.1. The molecule has 0 heterocycles. The van der Waals surface area contributed by atoms with Gasteiger partial charge in [0.1, 0.15) is 0 Å². The molecule has 6 heteroatoms. The van der Waals surface area contributed by atoms with Gasteiger partial charge in [-0.15, -0.1) is 6.58 Å². The number of amides is 2. The van der Waals surface area contributed by atoms with E-state index in [1.807, 2.05) is 0 Å². The van der Waals surface area contributed by atoms with Gasteiger partial charge in [-0.25, -0.2) is 4.79 Å². The summed E-state index contributed by atoms with van der Waals surface area (Å²) in [5.41, 5.74) is -0.341. The van der Waals surface area contributed by atoms with E-state index in [4.69, 9.17) is 0 Å². The molecule has 0 fully saturated rings. The van der Waals surface area contributed by atoms with E-state index in [0.29, 0.717) is 12.1 Å². The molecule has 1 aromatic rings. The summed E-state index contributed by atoms with van der Waals surface area (Å²) >= 11 is 0. The highest BCUT2D eigenvalue weighted by Crippen LogP contribution is 2.29. The fourth-order valence-electron chi connectivity index (χ4n) is 1.27. The molecule has 1 rings (SSSR count). The average Bonchev–Trinajstić information content (AvgIpc) is 2.33. The number of nitrogens with one attached hydrogen (secondary N) is 2. The number of halogens is 3. The predicted molar refractivity (Wildman–Crippen MR) is 61.9 cm³/mol. The lowest BCUT2D eigenvalue weighted by Gasteiger charge is -2.09. The van der Waals surface area contributed by atoms with E-state index in [1.54, 1.807) is 0 Å². The lowest BCUT2D eigenvalue weighted by atomic mass is 10.1. The third-order valence-electron chi connectivity index (χ3n) is 2.11. The molecule has 0 aromatic heterocycles. The maximum atomic E-state index is 12.4. The summed E-state index contributed by atoms with van der Waals surface area (Å²) < 4.78 is 37.3. The number of carbonyl (C=O) groups is 1. The second-order valence-corrected chi connectivity index (χ2v) is 3.55. The molecule has 0 unspecified atom stereocenters. The number of urea groups is 1. The van der Waals surface area contributed by atoms with Gasteiger partial charge in [0.15, 0.2) is 0 Å². The Labute approximate surface area is 103 Å². The molecule has 0 aliphatic rings. The van der Waals surface area contributed by atoms with Gasteiger partial charge in [0.2, 0.25) is 0 Å². The number of benzene rings is 1. The maximum absolute atomic E-state index is 12.4. The van der Waals surface area contributed by atoms with Crippen LogP contribution in [0.15, 0.2) is 36.9 Å². The van der Waals surface area contributed by atoms with Crippen LogP contribution in [0.25, 0.3) is 0 Å². The SMILES string of the molecule is C=CCNC(=O)NCc1cccc(C(F)(F)F)c1. The van der Waals surface area contributed by atoms with Gasteiger partial charge in [-0.1, -0.05) is 18.2 Å². The van der Waals surface area contributed by atoms with E-state index in [0.717, 1.165) is 12.1 Å². The van der Waals surface area contributed by atoms with Gasteiger partial charge >= 0.3 is 12.2 Å². The Kier molecular flexibility index (Phi) is 4.76. The lowest BCUT2D eigenvalue weighted by molar-refractivity contribution is -0.137. The average molecular weight is 258 g/mol. The molecule has 0 saturated carbocycles. The van der Waals surface area contributed by atoms with Crippen LogP contribution in [0, 0.1) is 0 Å². The van der Waals surface area contributed by atoms with E-state index in [-0.39, 0.29) is 6.54 Å². The van der Waals surface area contributed by atoms with Crippen LogP contribution >= 0.6 is 0 Å². The van der Waals surface area contributed by atoms with Gasteiger partial charge < -0.3 is 10.6 Å². The van der Waals surface area contributed by atoms with Gasteiger partial charge in [0, 0.05) is 13.1 Å². The molecular formula is C12H13F3N2O. The summed E-state index contributed by atoms with van der Waals surface area (Å²) in [5, 5.41) is 4.90. The van der Waals surface area contributed by atoms with Crippen molar-refractivity contribution in [2.45, 2.75) is 12.7 Å². The van der Waals surface area contributed by atoms with Crippen molar-refractivity contribution in [1.29, 1.82) is 0 Å². The Morgan fingerprint density at radius 2 is 2.06 bits per heavy atom. The quantitative estimate of drug-likeness (QED) is 0.801. The van der Waals surface area contributed by atoms with Crippen LogP contribution in [0.2, 0.25) is 0 Å². The number of rotatable bonds is 4. The van der Waals surface area contributed by atoms with Crippen LogP contribution < -0.4 is 10.6 Å². The summed E-state index contributed by atoms with van der Waals surface area (Å²) in [4.78, 5) is 11.2. The fraction of sp³-hybridized carbons (Fsp3) is 0.250. The highest BCUT2D eigenvalue weighted by atomic mass is 19.4. The highest BCUT2D eigenvalue weighted by molar-refractivity contribution is 5.73. The van der Waals surface area contributed by atoms with Gasteiger partial charge in [-0.2, -0.15) is 13.2 Å². The van der Waals surface area contributed by atoms with Gasteiger partial charge in [-0.05, 0) is 17.7 Å². The summed E-state index contributed by atoms with van der Waals surface area (Å²) in [6.45, 7) is 3.76. The van der Waals surface area contributed by atoms with Crippen molar-refractivity contribution >= 4 is 6.03 Å². The van der Waals surface area contributed by atoms with Crippen molar-refractivity contribution in [3.63, 3.8) is 0 Å². The highest BCUT2D eigenvalue weighted by Gasteiger charge is 2.30. The molecule has 0 radical (unpaired) electrons. The minimum atomic E-state index is -4.37. The molecule has 98 valence electrons. The Balaban J connectivity index is 2.58. The molecule has 0 bridgehead atoms. The molecule has 0 spiro atoms. The fourth-order valence-corrected chi connectivity index (χ4v) is 1.27. The standard InChI is InChI=1S/C12H13F3N2O/c1-2-6-16-11(18)17-8-9-4-3-5-10(7-9)12(13,14)15/h2-5,7H,1,6,8H2,(H2,16,17,18). The Morgan fingerprint density at radius 3 is 2.67 bits per heavy atom. The molecule has 2 N–H and O–H groups in total. The smallest absolute Gasteiger partial charge is 0.335 e. The molecule has 2 amide bonds. The maximum Gasteiger partial charge on any atom is 0.416 e. The Morgan fingerprint density at radius 1 is 1.33 bits per heavy atom. The van der Waals surface area contributed by atoms with Crippen molar-refractivity contribution in [3.05, 3.63) is 48.0 Å². The number of hydrogen-bond acceptors (Lipinski definition) is 1. The molecule has 0 aliphatic heterocycles. The molecule has 3 nitrogen and oxygen atoms in total. The molecule has 18 heavy (non-hydrogen) atoms. The molecular weight excluding hydrogens is 245 g/mol. The number of alkyl halides is 3. The summed E-state index contributed by atoms with van der Waals surface area (Å²) in [6.07, 6.45) is -2.87. The first-order chi connectivity index (χ1) is 8.43. The first-order valence-corrected chi connectivity index (χ1v) is 5.22. The molecule has 0 atom stereocenters. The van der Waals surface area contributed by atoms with Crippen LogP contribution in [0.3, 0.4) is 0 Å². The Bertz CT molecular complexity index is 430. The summed E-state index contributed by atoms with van der Waals surface area (Å²) in [7, 11) is 0. The third kappa shape index (κ3) is 4.48. The molecule has 0 saturated heterocycles. The van der Waals surface area contributed by atoms with Crippen molar-refractivity contribution < 1.29 is 18.0 Å². The second kappa shape index (κ2) is 6.09. The van der Waals surface area contributed by atoms with Crippen molar-refractivity contribution in [2.24, 2.45) is 0 Å². The first-order valence-electron chi connectivity index (χ1n) is 5.22. The topological polar surface area (TPSA) is 41.1 Å². The minimum Gasteiger partial charge on any atom is -0.335 e. The van der Waals surface area contributed by atoms with Crippen molar-refractivity contribution in [1.82, 2.24) is 10.6 Å². The zero-order valence-corrected chi connectivity index (χ0v) is 9.55. The van der Waals surface area contributed by atoms with E-state index in [9.17, 15) is 18.0 Å². The van der Waals surface area contributed by atoms with Crippen molar-refractivity contribution in [2.75, 3.05) is 6.54 Å². The normalized spacial score (nSPS) is 10.8. The monoisotopic (exact) mass is 258 g/mol. The van der Waals surface area contributed by atoms with Gasteiger partial charge in [0.05, 0.1) is 5.56 Å². The minimum absolute atomic E-state index is 0.0346. The van der Waals surface area contributed by atoms with Crippen LogP contribution in [0.5, 0.6) is 0 Å². The second-order valence-electron chi connectivity index (χ2n) is 3.55. The van der Waals surface area contributed by atoms with Gasteiger partial charge in [0.25, 0.3) is 0 Å². The predicted octanol–water partition coefficient (Wildman–Crippen LogP) is 2.69. The molecule has 1 aromatic carbocycles. The van der Waals surface area contributed by atoms with E-state index < -0.39 is 17.8 Å². The third-order valence-corrected chi connectivity index (χ3v) is 2.11. The van der Waals surface area contributed by atoms with Crippen LogP contribution in [-0.4, -0.2) is 12.6 Å². The van der Waals surface area contributed by atoms with Crippen LogP contribution in [-0.2, 0) is 12.7 Å². The summed E-state index contributed by atoms with van der Waals surface area (Å²) in [6, 6.07) is 4.37. The largest absolute Gasteiger partial charge is 0.416 e. The van der Waals surface area contributed by atoms with E-state index in [2.05, 4.69) is 17.2 Å². The lowest BCUT2D eigenvalue weighted by Crippen LogP contribution is -2.35. The zero-order valence-electron chi connectivity index (χ0n) is 9.55. The summed E-state index contributed by atoms with van der Waals surface area (Å²) in [5.74, 6) is 0. The van der Waals surface area contributed by atoms with Gasteiger partial charge in [-0.3, -0.25) is 0 Å². The number of hydrogen-bond donors (Lipinski definition) is 2. The van der Waals surface area contributed by atoms with E-state index >= 15 is 0 Å². The zero-order chi connectivity index (χ0) is 13.6. The number of carbonyl (C=O) groups excluding carboxylic acids is 1. The van der Waals surface area contributed by atoms with Crippen LogP contribution in [0.4, 0.5) is 18.0 Å². The van der Waals surface area contributed by atoms with Crippen molar-refractivity contribution in [3.8, 4) is 0 Å². The van der Waals surface area contributed by atoms with E-state index in [1.165, 1.54) is 18.2 Å².